The summed E-state index contributed by atoms with van der Waals surface area (Å²) in [5, 5.41) is 66.6. The van der Waals surface area contributed by atoms with Crippen LogP contribution < -0.4 is 0 Å². The molecule has 0 radical (unpaired) electrons. The fourth-order valence-electron chi connectivity index (χ4n) is 14.0. The van der Waals surface area contributed by atoms with Crippen molar-refractivity contribution >= 4 is 11.9 Å². The van der Waals surface area contributed by atoms with Crippen molar-refractivity contribution in [1.29, 1.82) is 0 Å². The smallest absolute Gasteiger partial charge is 0.338 e. The van der Waals surface area contributed by atoms with E-state index < -0.39 is 127 Å². The van der Waals surface area contributed by atoms with E-state index in [0.717, 1.165) is 32.1 Å². The number of fused-ring (bicyclic) bond motifs is 5. The van der Waals surface area contributed by atoms with E-state index in [1.165, 1.54) is 14.0 Å². The minimum atomic E-state index is -1.67. The minimum absolute atomic E-state index is 0.00659. The lowest BCUT2D eigenvalue weighted by atomic mass is 9.42. The Morgan fingerprint density at radius 3 is 2.01 bits per heavy atom. The highest BCUT2D eigenvalue weighted by Crippen LogP contribution is 2.71. The Hall–Kier alpha value is -2.40. The minimum Gasteiger partial charge on any atom is -0.462 e. The molecule has 6 N–H and O–H groups in total. The second-order valence-corrected chi connectivity index (χ2v) is 21.3. The molecule has 4 saturated carbocycles. The first-order valence-corrected chi connectivity index (χ1v) is 24.7. The fraction of sp³-hybridized carbons (Fsp3) is 0.840. The number of methoxy groups -OCH3 is 2. The van der Waals surface area contributed by atoms with Gasteiger partial charge in [0.05, 0.1) is 53.7 Å². The maximum atomic E-state index is 13.2. The lowest BCUT2D eigenvalue weighted by Crippen LogP contribution is -2.72. The predicted molar refractivity (Wildman–Crippen MR) is 238 cm³/mol. The summed E-state index contributed by atoms with van der Waals surface area (Å²) in [5.74, 6) is -0.996. The van der Waals surface area contributed by atoms with Gasteiger partial charge in [0, 0.05) is 34.0 Å². The number of aliphatic hydroxyl groups is 6. The monoisotopic (exact) mass is 965 g/mol. The van der Waals surface area contributed by atoms with Gasteiger partial charge in [0.25, 0.3) is 0 Å². The number of benzene rings is 1. The first-order chi connectivity index (χ1) is 32.2. The number of carbonyl (C=O) groups excluding carboxylic acids is 2. The van der Waals surface area contributed by atoms with Crippen molar-refractivity contribution in [3.8, 4) is 0 Å². The molecule has 3 saturated heterocycles. The van der Waals surface area contributed by atoms with E-state index in [1.807, 2.05) is 13.8 Å². The van der Waals surface area contributed by atoms with Crippen LogP contribution in [0.5, 0.6) is 0 Å². The Morgan fingerprint density at radius 2 is 1.40 bits per heavy atom. The molecule has 7 fully saturated rings. The molecule has 4 aliphatic carbocycles. The Labute approximate surface area is 399 Å². The first kappa shape index (κ1) is 51.9. The summed E-state index contributed by atoms with van der Waals surface area (Å²) in [5.41, 5.74) is -4.24. The van der Waals surface area contributed by atoms with Crippen LogP contribution in [0.4, 0.5) is 0 Å². The molecule has 3 aliphatic heterocycles. The zero-order valence-electron chi connectivity index (χ0n) is 40.7. The van der Waals surface area contributed by atoms with Crippen LogP contribution in [0, 0.1) is 28.6 Å². The normalized spacial score (nSPS) is 48.6. The van der Waals surface area contributed by atoms with E-state index in [-0.39, 0.29) is 48.5 Å². The third-order valence-electron chi connectivity index (χ3n) is 18.0. The fourth-order valence-corrected chi connectivity index (χ4v) is 14.0. The average Bonchev–Trinajstić information content (AvgIpc) is 3.54. The summed E-state index contributed by atoms with van der Waals surface area (Å²) in [6.07, 6.45) is -8.20. The van der Waals surface area contributed by atoms with Gasteiger partial charge in [-0.25, -0.2) is 4.79 Å². The number of rotatable bonds is 13. The van der Waals surface area contributed by atoms with Crippen LogP contribution >= 0.6 is 0 Å². The van der Waals surface area contributed by atoms with Crippen LogP contribution in [-0.4, -0.2) is 173 Å². The molecule has 0 bridgehead atoms. The maximum Gasteiger partial charge on any atom is 0.338 e. The third-order valence-corrected chi connectivity index (χ3v) is 18.0. The van der Waals surface area contributed by atoms with Crippen molar-refractivity contribution < 1.29 is 87.6 Å². The second kappa shape index (κ2) is 20.2. The molecule has 3 heterocycles. The van der Waals surface area contributed by atoms with Gasteiger partial charge in [-0.2, -0.15) is 0 Å². The molecule has 1 aromatic carbocycles. The van der Waals surface area contributed by atoms with E-state index in [4.69, 9.17) is 47.4 Å². The van der Waals surface area contributed by atoms with E-state index in [0.29, 0.717) is 18.4 Å². The van der Waals surface area contributed by atoms with Crippen LogP contribution in [-0.2, 0) is 52.2 Å². The summed E-state index contributed by atoms with van der Waals surface area (Å²) in [6, 6.07) is 8.61. The van der Waals surface area contributed by atoms with Crippen molar-refractivity contribution in [2.24, 2.45) is 28.6 Å². The highest BCUT2D eigenvalue weighted by Gasteiger charge is 2.77. The van der Waals surface area contributed by atoms with Crippen molar-refractivity contribution in [1.82, 2.24) is 0 Å². The van der Waals surface area contributed by atoms with Gasteiger partial charge >= 0.3 is 11.9 Å². The summed E-state index contributed by atoms with van der Waals surface area (Å²) in [6.45, 7) is 10.3. The van der Waals surface area contributed by atoms with Gasteiger partial charge in [0.2, 0.25) is 0 Å². The van der Waals surface area contributed by atoms with Crippen molar-refractivity contribution in [2.75, 3.05) is 20.8 Å². The maximum absolute atomic E-state index is 13.2. The van der Waals surface area contributed by atoms with E-state index in [2.05, 4.69) is 6.92 Å². The van der Waals surface area contributed by atoms with Crippen molar-refractivity contribution in [3.63, 3.8) is 0 Å². The SMILES string of the molecule is CO[C@H]1C[C@H](O[C@H]2CC[C@@]3(C)[C@@H](CC[C@@H]4[C@@H]3C[C@@H](OC(C)=O)[C@]3(C)[C@](O)(C(C)OC(=O)c5ccccc5)CC[C@]43O)C2)O[C@H](C)[C@H]1O[C@H]1C[C@@H](OC)[C@H](O[C@@H]2O[C@H](CO)[C@@H](O)[C@H](O)[C@H]2O)[C@@H](C)O1. The molecule has 0 aromatic heterocycles. The lowest BCUT2D eigenvalue weighted by molar-refractivity contribution is -0.353. The molecule has 18 heteroatoms. The van der Waals surface area contributed by atoms with Crippen LogP contribution in [0.1, 0.15) is 116 Å². The van der Waals surface area contributed by atoms with Gasteiger partial charge in [-0.15, -0.1) is 0 Å². The third kappa shape index (κ3) is 9.09. The molecule has 7 aliphatic rings. The number of carbonyl (C=O) groups is 2. The van der Waals surface area contributed by atoms with Gasteiger partial charge in [0.1, 0.15) is 54.4 Å². The Kier molecular flexibility index (Phi) is 15.5. The van der Waals surface area contributed by atoms with Gasteiger partial charge < -0.3 is 78.0 Å². The van der Waals surface area contributed by atoms with Crippen LogP contribution in [0.15, 0.2) is 30.3 Å². The van der Waals surface area contributed by atoms with E-state index in [1.54, 1.807) is 51.3 Å². The highest BCUT2D eigenvalue weighted by molar-refractivity contribution is 5.89. The van der Waals surface area contributed by atoms with Gasteiger partial charge in [-0.1, -0.05) is 32.0 Å². The van der Waals surface area contributed by atoms with Crippen LogP contribution in [0.25, 0.3) is 0 Å². The number of hydrogen-bond acceptors (Lipinski definition) is 18. The average molecular weight is 965 g/mol. The molecule has 0 amide bonds. The molecule has 8 rings (SSSR count). The standard InChI is InChI=1S/C50H76O18/c1-25-43(67-39-23-35(60-8)44(26(2)62-39)68-46-42(55)41(54)40(53)36(24-51)66-46)34(59-7)22-38(61-25)65-31-16-17-47(5)30(20-31)14-15-32-33(47)21-37(64-28(4)52)48(6)49(57,18-19-50(32,48)58)27(3)63-45(56)29-12-10-9-11-13-29/h9-13,25-27,30-44,46,51,53-55,57-58H,14-24H2,1-8H3/t25-,26-,27?,30+,31+,32-,33+,34+,35-,36-,37-,38+,39+,40-,41+,42-,43-,44-,46+,47+,48-,49-,50+/m1/s1. The quantitative estimate of drug-likeness (QED) is 0.123. The predicted octanol–water partition coefficient (Wildman–Crippen LogP) is 2.92. The Morgan fingerprint density at radius 1 is 0.765 bits per heavy atom. The van der Waals surface area contributed by atoms with Crippen LogP contribution in [0.2, 0.25) is 0 Å². The molecule has 18 nitrogen and oxygen atoms in total. The Balaban J connectivity index is 0.889. The van der Waals surface area contributed by atoms with Crippen molar-refractivity contribution in [2.45, 2.75) is 215 Å². The van der Waals surface area contributed by atoms with Crippen molar-refractivity contribution in [3.05, 3.63) is 35.9 Å². The number of esters is 2. The molecule has 68 heavy (non-hydrogen) atoms. The molecule has 23 atom stereocenters. The molecule has 1 aromatic rings. The second-order valence-electron chi connectivity index (χ2n) is 21.3. The van der Waals surface area contributed by atoms with Gasteiger partial charge in [-0.3, -0.25) is 4.79 Å². The number of ether oxygens (including phenoxy) is 10. The Bertz CT molecular complexity index is 1890. The zero-order valence-corrected chi connectivity index (χ0v) is 40.7. The topological polar surface area (TPSA) is 248 Å². The molecule has 384 valence electrons. The summed E-state index contributed by atoms with van der Waals surface area (Å²) in [4.78, 5) is 26.1. The van der Waals surface area contributed by atoms with E-state index in [9.17, 15) is 40.2 Å². The van der Waals surface area contributed by atoms with Gasteiger partial charge in [-0.05, 0) is 107 Å². The zero-order chi connectivity index (χ0) is 49.1. The highest BCUT2D eigenvalue weighted by atomic mass is 16.8. The molecular weight excluding hydrogens is 889 g/mol. The summed E-state index contributed by atoms with van der Waals surface area (Å²) >= 11 is 0. The summed E-state index contributed by atoms with van der Waals surface area (Å²) in [7, 11) is 3.15. The summed E-state index contributed by atoms with van der Waals surface area (Å²) < 4.78 is 61.6. The van der Waals surface area contributed by atoms with E-state index >= 15 is 0 Å². The number of aliphatic hydroxyl groups excluding tert-OH is 4. The van der Waals surface area contributed by atoms with Gasteiger partial charge in [0.15, 0.2) is 18.9 Å². The molecule has 0 spiro atoms. The molecular formula is C50H76O18. The first-order valence-electron chi connectivity index (χ1n) is 24.7. The van der Waals surface area contributed by atoms with Crippen LogP contribution in [0.3, 0.4) is 0 Å². The lowest BCUT2D eigenvalue weighted by Gasteiger charge is -2.66. The molecule has 1 unspecified atom stereocenters. The number of hydrogen-bond donors (Lipinski definition) is 6. The largest absolute Gasteiger partial charge is 0.462 e.